The number of aliphatic hydroxyl groups is 1. The van der Waals surface area contributed by atoms with Crippen LogP contribution < -0.4 is 5.32 Å². The van der Waals surface area contributed by atoms with Crippen LogP contribution in [-0.4, -0.2) is 29.1 Å². The van der Waals surface area contributed by atoms with Gasteiger partial charge in [0.2, 0.25) is 0 Å². The molecule has 0 atom stereocenters. The molecule has 23 heavy (non-hydrogen) atoms. The average Bonchev–Trinajstić information content (AvgIpc) is 2.93. The Morgan fingerprint density at radius 1 is 1.35 bits per heavy atom. The monoisotopic (exact) mass is 334 g/mol. The summed E-state index contributed by atoms with van der Waals surface area (Å²) in [6.45, 7) is 0.784. The van der Waals surface area contributed by atoms with Gasteiger partial charge in [-0.15, -0.1) is 0 Å². The van der Waals surface area contributed by atoms with Crippen LogP contribution in [0.15, 0.2) is 22.6 Å². The van der Waals surface area contributed by atoms with Crippen molar-refractivity contribution in [3.63, 3.8) is 0 Å². The predicted molar refractivity (Wildman–Crippen MR) is 91.0 cm³/mol. The number of oxazole rings is 1. The van der Waals surface area contributed by atoms with E-state index >= 15 is 0 Å². The van der Waals surface area contributed by atoms with E-state index in [4.69, 9.17) is 16.6 Å². The fourth-order valence-electron chi connectivity index (χ4n) is 3.51. The van der Waals surface area contributed by atoms with Crippen LogP contribution >= 0.6 is 12.2 Å². The van der Waals surface area contributed by atoms with Crippen molar-refractivity contribution in [2.75, 3.05) is 13.2 Å². The zero-order valence-electron chi connectivity index (χ0n) is 13.1. The first-order valence-corrected chi connectivity index (χ1v) is 8.55. The Labute approximate surface area is 140 Å². The number of benzene rings is 1. The molecule has 1 aromatic heterocycles. The second-order valence-corrected chi connectivity index (χ2v) is 6.81. The first-order chi connectivity index (χ1) is 11.1. The second-order valence-electron chi connectivity index (χ2n) is 6.44. The van der Waals surface area contributed by atoms with E-state index in [1.54, 1.807) is 18.2 Å². The molecule has 1 aromatic carbocycles. The maximum absolute atomic E-state index is 12.4. The standard InChI is InChI=1S/C17H22N2O3S/c20-9-8-17(6-2-1-3-7-17)11-18-15(21)12-4-5-13-14(10-12)22-16(23)19-13/h4-5,10,20H,1-3,6-9,11H2,(H,18,21)(H,19,23). The number of rotatable bonds is 5. The molecule has 1 heterocycles. The highest BCUT2D eigenvalue weighted by Crippen LogP contribution is 2.38. The van der Waals surface area contributed by atoms with Gasteiger partial charge < -0.3 is 19.8 Å². The zero-order valence-corrected chi connectivity index (χ0v) is 13.9. The number of carbonyl (C=O) groups is 1. The summed E-state index contributed by atoms with van der Waals surface area (Å²) in [6, 6.07) is 5.27. The van der Waals surface area contributed by atoms with Gasteiger partial charge in [-0.2, -0.15) is 0 Å². The number of fused-ring (bicyclic) bond motifs is 1. The fraction of sp³-hybridized carbons (Fsp3) is 0.529. The number of aliphatic hydroxyl groups excluding tert-OH is 1. The summed E-state index contributed by atoms with van der Waals surface area (Å²) in [4.78, 5) is 15.7. The Kier molecular flexibility index (Phi) is 4.82. The molecule has 1 saturated carbocycles. The lowest BCUT2D eigenvalue weighted by Crippen LogP contribution is -2.39. The minimum absolute atomic E-state index is 0.0407. The van der Waals surface area contributed by atoms with Gasteiger partial charge in [-0.1, -0.05) is 19.3 Å². The van der Waals surface area contributed by atoms with Crippen LogP contribution in [0.5, 0.6) is 0 Å². The topological polar surface area (TPSA) is 78.3 Å². The highest BCUT2D eigenvalue weighted by Gasteiger charge is 2.31. The Bertz CT molecular complexity index is 738. The molecule has 1 fully saturated rings. The number of amides is 1. The lowest BCUT2D eigenvalue weighted by atomic mass is 9.72. The molecule has 0 aliphatic heterocycles. The molecule has 5 nitrogen and oxygen atoms in total. The Hall–Kier alpha value is -1.66. The molecule has 3 N–H and O–H groups in total. The van der Waals surface area contributed by atoms with Crippen molar-refractivity contribution in [2.24, 2.45) is 5.41 Å². The summed E-state index contributed by atoms with van der Waals surface area (Å²) in [5, 5.41) is 12.4. The van der Waals surface area contributed by atoms with Crippen LogP contribution in [0, 0.1) is 10.3 Å². The molecule has 0 bridgehead atoms. The third kappa shape index (κ3) is 3.64. The van der Waals surface area contributed by atoms with Gasteiger partial charge in [0.15, 0.2) is 5.58 Å². The summed E-state index contributed by atoms with van der Waals surface area (Å²) in [6.07, 6.45) is 6.48. The molecular formula is C17H22N2O3S. The van der Waals surface area contributed by atoms with E-state index in [0.29, 0.717) is 22.5 Å². The van der Waals surface area contributed by atoms with E-state index in [1.807, 2.05) is 0 Å². The normalized spacial score (nSPS) is 17.3. The lowest BCUT2D eigenvalue weighted by Gasteiger charge is -2.37. The van der Waals surface area contributed by atoms with Gasteiger partial charge in [0.25, 0.3) is 10.7 Å². The molecule has 0 saturated heterocycles. The maximum Gasteiger partial charge on any atom is 0.266 e. The molecule has 0 radical (unpaired) electrons. The maximum atomic E-state index is 12.4. The fourth-order valence-corrected chi connectivity index (χ4v) is 3.71. The van der Waals surface area contributed by atoms with E-state index in [1.165, 1.54) is 19.3 Å². The van der Waals surface area contributed by atoms with Gasteiger partial charge in [-0.05, 0) is 55.1 Å². The summed E-state index contributed by atoms with van der Waals surface area (Å²) < 4.78 is 5.36. The average molecular weight is 334 g/mol. The third-order valence-corrected chi connectivity index (χ3v) is 5.05. The third-order valence-electron chi connectivity index (χ3n) is 4.86. The van der Waals surface area contributed by atoms with E-state index < -0.39 is 0 Å². The minimum atomic E-state index is -0.114. The molecule has 6 heteroatoms. The smallest absolute Gasteiger partial charge is 0.266 e. The van der Waals surface area contributed by atoms with E-state index in [-0.39, 0.29) is 17.9 Å². The van der Waals surface area contributed by atoms with Crippen molar-refractivity contribution >= 4 is 29.2 Å². The summed E-state index contributed by atoms with van der Waals surface area (Å²) >= 11 is 4.96. The summed E-state index contributed by atoms with van der Waals surface area (Å²) in [5.74, 6) is -0.114. The quantitative estimate of drug-likeness (QED) is 0.731. The summed E-state index contributed by atoms with van der Waals surface area (Å²) in [5.41, 5.74) is 1.98. The first-order valence-electron chi connectivity index (χ1n) is 8.14. The van der Waals surface area contributed by atoms with E-state index in [9.17, 15) is 9.90 Å². The molecule has 2 aromatic rings. The van der Waals surface area contributed by atoms with Gasteiger partial charge >= 0.3 is 0 Å². The van der Waals surface area contributed by atoms with Crippen molar-refractivity contribution in [3.05, 3.63) is 28.6 Å². The van der Waals surface area contributed by atoms with E-state index in [0.717, 1.165) is 24.8 Å². The highest BCUT2D eigenvalue weighted by atomic mass is 32.1. The van der Waals surface area contributed by atoms with Crippen LogP contribution in [-0.2, 0) is 0 Å². The number of aromatic nitrogens is 1. The van der Waals surface area contributed by atoms with Gasteiger partial charge in [-0.3, -0.25) is 4.79 Å². The van der Waals surface area contributed by atoms with Crippen LogP contribution in [0.3, 0.4) is 0 Å². The molecule has 1 aliphatic carbocycles. The number of H-pyrrole nitrogens is 1. The molecule has 1 amide bonds. The molecule has 0 unspecified atom stereocenters. The number of hydrogen-bond donors (Lipinski definition) is 3. The van der Waals surface area contributed by atoms with Crippen molar-refractivity contribution in [1.29, 1.82) is 0 Å². The van der Waals surface area contributed by atoms with Gasteiger partial charge in [-0.25, -0.2) is 0 Å². The summed E-state index contributed by atoms with van der Waals surface area (Å²) in [7, 11) is 0. The molecule has 3 rings (SSSR count). The van der Waals surface area contributed by atoms with Gasteiger partial charge in [0, 0.05) is 18.7 Å². The highest BCUT2D eigenvalue weighted by molar-refractivity contribution is 7.71. The van der Waals surface area contributed by atoms with Crippen LogP contribution in [0.2, 0.25) is 0 Å². The predicted octanol–water partition coefficient (Wildman–Crippen LogP) is 3.55. The number of hydrogen-bond acceptors (Lipinski definition) is 4. The number of nitrogens with one attached hydrogen (secondary N) is 2. The molecule has 1 aliphatic rings. The van der Waals surface area contributed by atoms with Crippen LogP contribution in [0.4, 0.5) is 0 Å². The number of carbonyl (C=O) groups excluding carboxylic acids is 1. The van der Waals surface area contributed by atoms with Gasteiger partial charge in [0.05, 0.1) is 5.52 Å². The molecular weight excluding hydrogens is 312 g/mol. The minimum Gasteiger partial charge on any atom is -0.429 e. The van der Waals surface area contributed by atoms with Crippen molar-refractivity contribution in [2.45, 2.75) is 38.5 Å². The van der Waals surface area contributed by atoms with Gasteiger partial charge in [0.1, 0.15) is 0 Å². The number of aromatic amines is 1. The lowest BCUT2D eigenvalue weighted by molar-refractivity contribution is 0.0869. The zero-order chi connectivity index (χ0) is 16.3. The Morgan fingerprint density at radius 2 is 2.13 bits per heavy atom. The largest absolute Gasteiger partial charge is 0.429 e. The van der Waals surface area contributed by atoms with Crippen LogP contribution in [0.1, 0.15) is 48.9 Å². The van der Waals surface area contributed by atoms with Crippen LogP contribution in [0.25, 0.3) is 11.1 Å². The Morgan fingerprint density at radius 3 is 2.87 bits per heavy atom. The Balaban J connectivity index is 1.70. The SMILES string of the molecule is O=C(NCC1(CCO)CCCCC1)c1ccc2[nH]c(=S)oc2c1. The second kappa shape index (κ2) is 6.84. The van der Waals surface area contributed by atoms with Crippen molar-refractivity contribution in [1.82, 2.24) is 10.3 Å². The first kappa shape index (κ1) is 16.2. The molecule has 124 valence electrons. The van der Waals surface area contributed by atoms with Crippen molar-refractivity contribution in [3.8, 4) is 0 Å². The molecule has 0 spiro atoms. The van der Waals surface area contributed by atoms with E-state index in [2.05, 4.69) is 10.3 Å². The van der Waals surface area contributed by atoms with Crippen molar-refractivity contribution < 1.29 is 14.3 Å².